The van der Waals surface area contributed by atoms with Crippen molar-refractivity contribution in [2.45, 2.75) is 47.2 Å². The fourth-order valence-corrected chi connectivity index (χ4v) is 3.86. The monoisotopic (exact) mass is 472 g/mol. The van der Waals surface area contributed by atoms with Crippen molar-refractivity contribution in [1.29, 1.82) is 0 Å². The molecule has 0 aromatic heterocycles. The predicted molar refractivity (Wildman–Crippen MR) is 76.0 cm³/mol. The number of carbonyl (C=O) groups excluding carboxylic acids is 2. The molecule has 2 atom stereocenters. The number of rotatable bonds is 10. The van der Waals surface area contributed by atoms with Gasteiger partial charge in [0.05, 0.1) is 0 Å². The first-order valence-corrected chi connectivity index (χ1v) is 12.9. The van der Waals surface area contributed by atoms with Gasteiger partial charge < -0.3 is 0 Å². The Bertz CT molecular complexity index is 256. The van der Waals surface area contributed by atoms with E-state index in [1.807, 2.05) is 0 Å². The summed E-state index contributed by atoms with van der Waals surface area (Å²) in [5, 5.41) is 1.86. The van der Waals surface area contributed by atoms with Crippen LogP contribution in [0.4, 0.5) is 0 Å². The van der Waals surface area contributed by atoms with Crippen LogP contribution in [0, 0.1) is 0 Å². The molecular weight excluding hydrogens is 449 g/mol. The molecule has 0 heterocycles. The Morgan fingerprint density at radius 3 is 1.63 bits per heavy atom. The Balaban J connectivity index is 3.77. The first-order chi connectivity index (χ1) is 9.02. The molecule has 0 unspecified atom stereocenters. The summed E-state index contributed by atoms with van der Waals surface area (Å²) >= 11 is 0.00419. The summed E-state index contributed by atoms with van der Waals surface area (Å²) < 4.78 is 9.67. The molecule has 0 saturated heterocycles. The van der Waals surface area contributed by atoms with Crippen LogP contribution >= 0.6 is 0 Å². The molecule has 0 rings (SSSR count). The molecule has 4 N–H and O–H groups in total. The predicted octanol–water partition coefficient (Wildman–Crippen LogP) is -0.617. The maximum atomic E-state index is 11.4. The van der Waals surface area contributed by atoms with Crippen molar-refractivity contribution in [2.75, 3.05) is 0 Å². The summed E-state index contributed by atoms with van der Waals surface area (Å²) in [7, 11) is 0. The Kier molecular flexibility index (Phi) is 12.4. The van der Waals surface area contributed by atoms with Crippen LogP contribution in [0.2, 0.25) is 22.3 Å². The van der Waals surface area contributed by atoms with Crippen LogP contribution in [-0.2, 0) is 17.2 Å². The van der Waals surface area contributed by atoms with Crippen molar-refractivity contribution in [2.24, 2.45) is 11.5 Å². The Hall–Kier alpha value is 0.418. The van der Waals surface area contributed by atoms with Gasteiger partial charge in [0.2, 0.25) is 0 Å². The van der Waals surface area contributed by atoms with E-state index in [1.165, 1.54) is 0 Å². The molecule has 0 aliphatic rings. The fraction of sp³-hybridized carbons (Fsp3) is 0.800. The van der Waals surface area contributed by atoms with Crippen LogP contribution in [0.15, 0.2) is 0 Å². The van der Waals surface area contributed by atoms with Crippen molar-refractivity contribution < 1.29 is 17.2 Å². The second-order valence-electron chi connectivity index (χ2n) is 3.65. The maximum absolute atomic E-state index is 11.4. The van der Waals surface area contributed by atoms with Crippen molar-refractivity contribution in [3.05, 3.63) is 0 Å². The third-order valence-corrected chi connectivity index (χ3v) is 5.78. The van der Waals surface area contributed by atoms with E-state index >= 15 is 0 Å². The average molecular weight is 469 g/mol. The summed E-state index contributed by atoms with van der Waals surface area (Å²) in [5.41, 5.74) is 11.3. The van der Waals surface area contributed by atoms with Gasteiger partial charge in [0, 0.05) is 0 Å². The van der Waals surface area contributed by atoms with E-state index in [9.17, 15) is 9.59 Å². The third kappa shape index (κ3) is 9.88. The second kappa shape index (κ2) is 12.2. The molecule has 0 aromatic carbocycles. The molecule has 0 aliphatic heterocycles. The zero-order valence-electron chi connectivity index (χ0n) is 11.0. The van der Waals surface area contributed by atoms with E-state index < -0.39 is 39.6 Å². The summed E-state index contributed by atoms with van der Waals surface area (Å²) in [4.78, 5) is 22.9. The molecule has 0 fully saturated rings. The van der Waals surface area contributed by atoms with Crippen LogP contribution < -0.4 is 11.5 Å². The second-order valence-corrected chi connectivity index (χ2v) is 8.77. The quantitative estimate of drug-likeness (QED) is 0.414. The van der Waals surface area contributed by atoms with E-state index in [-0.39, 0.29) is 0 Å². The third-order valence-electron chi connectivity index (χ3n) is 2.10. The zero-order chi connectivity index (χ0) is 14.7. The van der Waals surface area contributed by atoms with Gasteiger partial charge in [0.25, 0.3) is 0 Å². The molecule has 0 aromatic rings. The first-order valence-electron chi connectivity index (χ1n) is 5.60. The van der Waals surface area contributed by atoms with Gasteiger partial charge in [-0.3, -0.25) is 0 Å². The van der Waals surface area contributed by atoms with Gasteiger partial charge in [-0.25, -0.2) is 0 Å². The van der Waals surface area contributed by atoms with Gasteiger partial charge in [-0.1, -0.05) is 0 Å². The number of hydrogen-bond acceptors (Lipinski definition) is 6. The van der Waals surface area contributed by atoms with Crippen molar-refractivity contribution >= 4 is 57.5 Å². The average Bonchev–Trinajstić information content (AvgIpc) is 2.41. The Labute approximate surface area is 133 Å². The number of hydrogen-bond donors (Lipinski definition) is 2. The topological polar surface area (TPSA) is 105 Å². The minimum absolute atomic E-state index is 0.489. The molecule has 19 heavy (non-hydrogen) atoms. The van der Waals surface area contributed by atoms with Crippen LogP contribution in [0.3, 0.4) is 0 Å². The molecule has 0 spiro atoms. The van der Waals surface area contributed by atoms with E-state index in [2.05, 4.69) is 11.6 Å². The standard InChI is InChI=1S/C10H20N2O4Se3/c1-17-5-3-7(11)9(13)15-19-16-10(14)8(12)4-6-18-2/h7-8H,3-6,11-12H2,1-2H3/t7-,8-/m0/s1. The Morgan fingerprint density at radius 2 is 1.32 bits per heavy atom. The number of carbonyl (C=O) groups is 2. The fourth-order valence-electron chi connectivity index (χ4n) is 0.933. The van der Waals surface area contributed by atoms with Gasteiger partial charge in [-0.05, 0) is 0 Å². The summed E-state index contributed by atoms with van der Waals surface area (Å²) in [5.74, 6) is 3.14. The van der Waals surface area contributed by atoms with E-state index in [0.29, 0.717) is 42.8 Å². The van der Waals surface area contributed by atoms with Gasteiger partial charge in [0.1, 0.15) is 0 Å². The van der Waals surface area contributed by atoms with E-state index in [1.54, 1.807) is 0 Å². The molecule has 0 aliphatic carbocycles. The normalized spacial score (nSPS) is 13.7. The van der Waals surface area contributed by atoms with Crippen LogP contribution in [0.5, 0.6) is 0 Å². The molecule has 9 heteroatoms. The van der Waals surface area contributed by atoms with Crippen LogP contribution in [0.1, 0.15) is 12.8 Å². The summed E-state index contributed by atoms with van der Waals surface area (Å²) in [6.07, 6.45) is 1.22. The van der Waals surface area contributed by atoms with E-state index in [4.69, 9.17) is 19.1 Å². The first kappa shape index (κ1) is 19.4. The van der Waals surface area contributed by atoms with Gasteiger partial charge in [-0.15, -0.1) is 0 Å². The Morgan fingerprint density at radius 1 is 0.947 bits per heavy atom. The van der Waals surface area contributed by atoms with Gasteiger partial charge in [0.15, 0.2) is 0 Å². The summed E-state index contributed by atoms with van der Waals surface area (Å²) in [6, 6.07) is -1.25. The van der Waals surface area contributed by atoms with Crippen molar-refractivity contribution in [3.8, 4) is 0 Å². The van der Waals surface area contributed by atoms with Crippen LogP contribution in [-0.4, -0.2) is 69.6 Å². The number of nitrogens with two attached hydrogens (primary N) is 2. The van der Waals surface area contributed by atoms with Gasteiger partial charge >= 0.3 is 133 Å². The molecule has 0 saturated carbocycles. The molecular formula is C10H20N2O4Se3. The molecule has 112 valence electrons. The van der Waals surface area contributed by atoms with E-state index in [0.717, 1.165) is 10.6 Å². The molecule has 0 radical (unpaired) electrons. The SMILES string of the molecule is C[Se]CC[C@H](N)C(=O)O[Se]OC(=O)[C@@H](N)CC[Se]C. The molecule has 0 bridgehead atoms. The molecule has 6 nitrogen and oxygen atoms in total. The zero-order valence-corrected chi connectivity index (χ0v) is 16.1. The van der Waals surface area contributed by atoms with Gasteiger partial charge in [-0.2, -0.15) is 0 Å². The van der Waals surface area contributed by atoms with Crippen LogP contribution in [0.25, 0.3) is 0 Å². The minimum atomic E-state index is -0.974. The van der Waals surface area contributed by atoms with Crippen molar-refractivity contribution in [3.63, 3.8) is 0 Å². The molecule has 0 amide bonds. The summed E-state index contributed by atoms with van der Waals surface area (Å²) in [6.45, 7) is 0. The van der Waals surface area contributed by atoms with Crippen molar-refractivity contribution in [1.82, 2.24) is 0 Å².